The number of hydrogen-bond acceptors (Lipinski definition) is 8. The van der Waals surface area contributed by atoms with Crippen LogP contribution in [0.3, 0.4) is 0 Å². The summed E-state index contributed by atoms with van der Waals surface area (Å²) in [5.41, 5.74) is 2.95. The maximum Gasteiger partial charge on any atom is 0.248 e. The number of fused-ring (bicyclic) bond motifs is 2. The summed E-state index contributed by atoms with van der Waals surface area (Å²) in [5, 5.41) is 4.48. The zero-order chi connectivity index (χ0) is 25.8. The minimum absolute atomic E-state index is 0.0458. The van der Waals surface area contributed by atoms with Gasteiger partial charge in [-0.25, -0.2) is 14.5 Å². The van der Waals surface area contributed by atoms with Gasteiger partial charge in [0.2, 0.25) is 16.8 Å². The minimum Gasteiger partial charge on any atom is -0.489 e. The number of thioether (sulfide) groups is 1. The Bertz CT molecular complexity index is 1460. The third kappa shape index (κ3) is 5.35. The van der Waals surface area contributed by atoms with E-state index >= 15 is 0 Å². The van der Waals surface area contributed by atoms with Crippen LogP contribution in [0.25, 0.3) is 27.6 Å². The van der Waals surface area contributed by atoms with Crippen LogP contribution in [0, 0.1) is 0 Å². The molecule has 4 heterocycles. The Hall–Kier alpha value is -3.37. The number of oxazole rings is 1. The lowest BCUT2D eigenvalue weighted by Crippen LogP contribution is -2.39. The number of benzene rings is 2. The number of carbonyl (C=O) groups is 1. The first-order valence-corrected chi connectivity index (χ1v) is 14.5. The molecule has 1 unspecified atom stereocenters. The molecule has 0 bridgehead atoms. The molecule has 8 nitrogen and oxygen atoms in total. The van der Waals surface area contributed by atoms with Gasteiger partial charge in [-0.3, -0.25) is 4.79 Å². The van der Waals surface area contributed by atoms with Crippen molar-refractivity contribution in [1.29, 1.82) is 0 Å². The first-order chi connectivity index (χ1) is 18.2. The van der Waals surface area contributed by atoms with E-state index in [0.717, 1.165) is 34.3 Å². The van der Waals surface area contributed by atoms with Crippen molar-refractivity contribution in [3.8, 4) is 17.3 Å². The molecule has 2 aromatic carbocycles. The number of aromatic nitrogens is 4. The van der Waals surface area contributed by atoms with E-state index in [1.165, 1.54) is 11.3 Å². The number of rotatable bonds is 7. The van der Waals surface area contributed by atoms with Crippen molar-refractivity contribution in [2.24, 2.45) is 0 Å². The first-order valence-electron chi connectivity index (χ1n) is 12.4. The quantitative estimate of drug-likeness (QED) is 0.238. The lowest BCUT2D eigenvalue weighted by Gasteiger charge is -2.25. The predicted octanol–water partition coefficient (Wildman–Crippen LogP) is 5.96. The molecule has 5 aromatic rings. The van der Waals surface area contributed by atoms with Gasteiger partial charge < -0.3 is 14.1 Å². The molecule has 192 valence electrons. The molecule has 10 heteroatoms. The van der Waals surface area contributed by atoms with E-state index in [2.05, 4.69) is 15.1 Å². The van der Waals surface area contributed by atoms with Gasteiger partial charge in [-0.15, -0.1) is 5.10 Å². The first kappa shape index (κ1) is 25.3. The van der Waals surface area contributed by atoms with Gasteiger partial charge in [-0.2, -0.15) is 0 Å². The monoisotopic (exact) mass is 535 g/mol. The molecule has 1 saturated heterocycles. The zero-order valence-corrected chi connectivity index (χ0v) is 22.7. The molecule has 1 fully saturated rings. The van der Waals surface area contributed by atoms with E-state index in [-0.39, 0.29) is 11.9 Å². The highest BCUT2D eigenvalue weighted by atomic mass is 32.2. The van der Waals surface area contributed by atoms with Crippen molar-refractivity contribution in [2.75, 3.05) is 19.4 Å². The van der Waals surface area contributed by atoms with Crippen molar-refractivity contribution in [3.05, 3.63) is 60.3 Å². The Morgan fingerprint density at radius 3 is 2.78 bits per heavy atom. The molecule has 0 radical (unpaired) electrons. The summed E-state index contributed by atoms with van der Waals surface area (Å²) in [4.78, 5) is 25.0. The molecule has 3 aromatic heterocycles. The smallest absolute Gasteiger partial charge is 0.248 e. The molecule has 1 amide bonds. The Morgan fingerprint density at radius 2 is 2.00 bits per heavy atom. The topological polar surface area (TPSA) is 85.8 Å². The molecular formula is C27H29N5O3S2. The van der Waals surface area contributed by atoms with Gasteiger partial charge in [-0.1, -0.05) is 73.3 Å². The number of likely N-dealkylation sites (tertiary alicyclic amines) is 1. The molecule has 0 saturated carbocycles. The largest absolute Gasteiger partial charge is 0.489 e. The SMILES string of the molecule is CC.CSc1nn2cc(-c3nc4c(OCC5CCCN5C(=O)Cc5ccccc5)cccc4o3)nc2s1. The molecule has 1 aliphatic rings. The third-order valence-electron chi connectivity index (χ3n) is 6.13. The fraction of sp³-hybridized carbons (Fsp3) is 0.333. The fourth-order valence-corrected chi connectivity index (χ4v) is 5.75. The standard InChI is InChI=1S/C25H23N5O3S2.C2H6/c1-34-25-28-30-14-18(26-24(30)35-25)23-27-22-19(10-5-11-20(22)33-23)32-15-17-9-6-12-29(17)21(31)13-16-7-3-2-4-8-16;1-2/h2-5,7-8,10-11,14,17H,6,9,12-13,15H2,1H3;1-2H3. The molecular weight excluding hydrogens is 506 g/mol. The Balaban J connectivity index is 0.00000137. The van der Waals surface area contributed by atoms with E-state index in [4.69, 9.17) is 9.15 Å². The number of imidazole rings is 1. The molecule has 37 heavy (non-hydrogen) atoms. The number of hydrogen-bond donors (Lipinski definition) is 0. The summed E-state index contributed by atoms with van der Waals surface area (Å²) in [6.07, 6.45) is 6.14. The van der Waals surface area contributed by atoms with Crippen LogP contribution in [0.5, 0.6) is 5.75 Å². The molecule has 1 aliphatic heterocycles. The number of amides is 1. The third-order valence-corrected chi connectivity index (χ3v) is 8.03. The van der Waals surface area contributed by atoms with Crippen LogP contribution >= 0.6 is 23.1 Å². The van der Waals surface area contributed by atoms with Crippen LogP contribution in [-0.2, 0) is 11.2 Å². The highest BCUT2D eigenvalue weighted by Crippen LogP contribution is 2.32. The fourth-order valence-electron chi connectivity index (χ4n) is 4.41. The van der Waals surface area contributed by atoms with Crippen LogP contribution in [0.4, 0.5) is 0 Å². The minimum atomic E-state index is 0.0458. The maximum atomic E-state index is 12.9. The molecule has 0 aliphatic carbocycles. The van der Waals surface area contributed by atoms with Crippen LogP contribution in [-0.4, -0.2) is 55.8 Å². The van der Waals surface area contributed by atoms with Gasteiger partial charge in [-0.05, 0) is 36.8 Å². The predicted molar refractivity (Wildman–Crippen MR) is 147 cm³/mol. The maximum absolute atomic E-state index is 12.9. The Morgan fingerprint density at radius 1 is 1.16 bits per heavy atom. The Labute approximate surface area is 223 Å². The van der Waals surface area contributed by atoms with Crippen LogP contribution < -0.4 is 4.74 Å². The van der Waals surface area contributed by atoms with E-state index in [0.29, 0.717) is 41.5 Å². The second-order valence-corrected chi connectivity index (χ2v) is 10.4. The van der Waals surface area contributed by atoms with Gasteiger partial charge in [0.1, 0.15) is 18.1 Å². The average Bonchev–Trinajstić information content (AvgIpc) is 3.71. The molecule has 1 atom stereocenters. The Kier molecular flexibility index (Phi) is 7.76. The van der Waals surface area contributed by atoms with Crippen LogP contribution in [0.1, 0.15) is 32.3 Å². The van der Waals surface area contributed by atoms with Crippen LogP contribution in [0.15, 0.2) is 63.5 Å². The van der Waals surface area contributed by atoms with Crippen molar-refractivity contribution in [3.63, 3.8) is 0 Å². The number of ether oxygens (including phenoxy) is 1. The zero-order valence-electron chi connectivity index (χ0n) is 21.1. The number of para-hydroxylation sites is 1. The summed E-state index contributed by atoms with van der Waals surface area (Å²) < 4.78 is 14.9. The average molecular weight is 536 g/mol. The van der Waals surface area contributed by atoms with E-state index < -0.39 is 0 Å². The number of carbonyl (C=O) groups excluding carboxylic acids is 1. The van der Waals surface area contributed by atoms with Gasteiger partial charge in [0.15, 0.2) is 15.4 Å². The van der Waals surface area contributed by atoms with Crippen molar-refractivity contribution in [1.82, 2.24) is 24.5 Å². The van der Waals surface area contributed by atoms with Gasteiger partial charge in [0.05, 0.1) is 18.7 Å². The highest BCUT2D eigenvalue weighted by Gasteiger charge is 2.29. The van der Waals surface area contributed by atoms with Gasteiger partial charge in [0.25, 0.3) is 0 Å². The normalized spacial score (nSPS) is 15.2. The summed E-state index contributed by atoms with van der Waals surface area (Å²) in [5.74, 6) is 1.21. The van der Waals surface area contributed by atoms with E-state index in [1.54, 1.807) is 16.3 Å². The van der Waals surface area contributed by atoms with Crippen molar-refractivity contribution < 1.29 is 13.9 Å². The summed E-state index contributed by atoms with van der Waals surface area (Å²) in [6, 6.07) is 15.6. The molecule has 6 rings (SSSR count). The second-order valence-electron chi connectivity index (χ2n) is 8.40. The van der Waals surface area contributed by atoms with Crippen LogP contribution in [0.2, 0.25) is 0 Å². The molecule has 0 spiro atoms. The lowest BCUT2D eigenvalue weighted by atomic mass is 10.1. The van der Waals surface area contributed by atoms with Gasteiger partial charge >= 0.3 is 0 Å². The molecule has 0 N–H and O–H groups in total. The van der Waals surface area contributed by atoms with E-state index in [1.807, 2.05) is 79.7 Å². The van der Waals surface area contributed by atoms with E-state index in [9.17, 15) is 4.79 Å². The summed E-state index contributed by atoms with van der Waals surface area (Å²) >= 11 is 3.12. The summed E-state index contributed by atoms with van der Waals surface area (Å²) in [7, 11) is 0. The number of nitrogens with zero attached hydrogens (tertiary/aromatic N) is 5. The lowest BCUT2D eigenvalue weighted by molar-refractivity contribution is -0.131. The highest BCUT2D eigenvalue weighted by molar-refractivity contribution is 8.00. The van der Waals surface area contributed by atoms with Gasteiger partial charge in [0, 0.05) is 6.54 Å². The van der Waals surface area contributed by atoms with Crippen molar-refractivity contribution in [2.45, 2.75) is 43.5 Å². The second kappa shape index (κ2) is 11.4. The summed E-state index contributed by atoms with van der Waals surface area (Å²) in [6.45, 7) is 5.19. The van der Waals surface area contributed by atoms with Crippen molar-refractivity contribution >= 4 is 45.1 Å².